The summed E-state index contributed by atoms with van der Waals surface area (Å²) in [6.45, 7) is 3.82. The van der Waals surface area contributed by atoms with E-state index in [1.807, 2.05) is 33.0 Å². The van der Waals surface area contributed by atoms with Gasteiger partial charge in [0.05, 0.1) is 13.2 Å². The third-order valence-electron chi connectivity index (χ3n) is 7.39. The second-order valence-electron chi connectivity index (χ2n) is 11.0. The van der Waals surface area contributed by atoms with E-state index in [0.29, 0.717) is 18.6 Å². The molecule has 0 saturated heterocycles. The molecule has 10 heteroatoms. The molecular weight excluding hydrogens is 500 g/mol. The highest BCUT2D eigenvalue weighted by molar-refractivity contribution is 5.93. The molecule has 1 saturated carbocycles. The Morgan fingerprint density at radius 1 is 1.08 bits per heavy atom. The molecule has 1 aromatic rings. The number of nitrogens with zero attached hydrogens (tertiary/aromatic N) is 2. The number of rotatable bonds is 7. The molecule has 216 valence electrons. The number of methoxy groups -OCH3 is 1. The van der Waals surface area contributed by atoms with Gasteiger partial charge in [0.2, 0.25) is 17.7 Å². The molecule has 39 heavy (non-hydrogen) atoms. The van der Waals surface area contributed by atoms with Gasteiger partial charge in [-0.25, -0.2) is 0 Å². The molecule has 2 bridgehead atoms. The van der Waals surface area contributed by atoms with Crippen LogP contribution in [0.1, 0.15) is 57.9 Å². The zero-order valence-corrected chi connectivity index (χ0v) is 23.7. The van der Waals surface area contributed by atoms with E-state index in [0.717, 1.165) is 31.2 Å². The van der Waals surface area contributed by atoms with E-state index in [2.05, 4.69) is 10.6 Å². The number of fused-ring (bicyclic) bond motifs is 13. The summed E-state index contributed by atoms with van der Waals surface area (Å²) in [6.07, 6.45) is 5.96. The van der Waals surface area contributed by atoms with E-state index < -0.39 is 23.9 Å². The lowest BCUT2D eigenvalue weighted by Gasteiger charge is -2.34. The summed E-state index contributed by atoms with van der Waals surface area (Å²) in [5.41, 5.74) is 0.846. The van der Waals surface area contributed by atoms with Crippen molar-refractivity contribution in [3.8, 4) is 5.75 Å². The number of carbonyl (C=O) groups is 4. The zero-order chi connectivity index (χ0) is 28.4. The van der Waals surface area contributed by atoms with Crippen LogP contribution < -0.4 is 15.4 Å². The Labute approximate surface area is 231 Å². The van der Waals surface area contributed by atoms with Crippen LogP contribution in [0.15, 0.2) is 24.3 Å². The highest BCUT2D eigenvalue weighted by atomic mass is 16.5. The molecule has 2 atom stereocenters. The Balaban J connectivity index is 1.90. The summed E-state index contributed by atoms with van der Waals surface area (Å²) in [5, 5.41) is 5.69. The zero-order valence-electron chi connectivity index (χ0n) is 23.7. The van der Waals surface area contributed by atoms with Gasteiger partial charge in [-0.2, -0.15) is 0 Å². The molecule has 0 radical (unpaired) electrons. The quantitative estimate of drug-likeness (QED) is 0.507. The molecule has 1 aliphatic carbocycles. The topological polar surface area (TPSA) is 117 Å². The first kappa shape index (κ1) is 30.4. The third-order valence-corrected chi connectivity index (χ3v) is 7.39. The fourth-order valence-corrected chi connectivity index (χ4v) is 5.23. The molecule has 2 aliphatic heterocycles. The first-order valence-corrected chi connectivity index (χ1v) is 14.0. The maximum Gasteiger partial charge on any atom is 0.258 e. The average molecular weight is 545 g/mol. The predicted molar refractivity (Wildman–Crippen MR) is 147 cm³/mol. The van der Waals surface area contributed by atoms with Crippen molar-refractivity contribution in [1.82, 2.24) is 20.4 Å². The van der Waals surface area contributed by atoms with Gasteiger partial charge in [-0.3, -0.25) is 19.2 Å². The minimum Gasteiger partial charge on any atom is -0.484 e. The molecular formula is C29H44N4O6. The summed E-state index contributed by atoms with van der Waals surface area (Å²) in [7, 11) is 3.33. The molecule has 10 nitrogen and oxygen atoms in total. The van der Waals surface area contributed by atoms with Crippen LogP contribution in [0.4, 0.5) is 0 Å². The Morgan fingerprint density at radius 3 is 2.41 bits per heavy atom. The van der Waals surface area contributed by atoms with Crippen molar-refractivity contribution in [2.45, 2.75) is 76.9 Å². The van der Waals surface area contributed by atoms with E-state index in [1.165, 1.54) is 18.4 Å². The van der Waals surface area contributed by atoms with Gasteiger partial charge in [0.15, 0.2) is 6.61 Å². The van der Waals surface area contributed by atoms with Gasteiger partial charge in [0, 0.05) is 33.2 Å². The largest absolute Gasteiger partial charge is 0.484 e. The first-order valence-electron chi connectivity index (χ1n) is 14.0. The van der Waals surface area contributed by atoms with Crippen LogP contribution in [0.3, 0.4) is 0 Å². The van der Waals surface area contributed by atoms with Crippen molar-refractivity contribution in [2.24, 2.45) is 5.92 Å². The molecule has 2 heterocycles. The van der Waals surface area contributed by atoms with Gasteiger partial charge < -0.3 is 29.9 Å². The van der Waals surface area contributed by atoms with Crippen LogP contribution in [0.2, 0.25) is 0 Å². The van der Waals surface area contributed by atoms with Crippen molar-refractivity contribution in [3.05, 3.63) is 29.8 Å². The highest BCUT2D eigenvalue weighted by Crippen LogP contribution is 2.23. The van der Waals surface area contributed by atoms with Crippen molar-refractivity contribution in [2.75, 3.05) is 40.5 Å². The fraction of sp³-hybridized carbons (Fsp3) is 0.655. The summed E-state index contributed by atoms with van der Waals surface area (Å²) in [5.74, 6) is -0.748. The average Bonchev–Trinajstić information content (AvgIpc) is 2.92. The van der Waals surface area contributed by atoms with Crippen LogP contribution in [-0.2, 0) is 30.3 Å². The van der Waals surface area contributed by atoms with Gasteiger partial charge >= 0.3 is 0 Å². The van der Waals surface area contributed by atoms with Crippen LogP contribution in [0.25, 0.3) is 0 Å². The van der Waals surface area contributed by atoms with Crippen LogP contribution >= 0.6 is 0 Å². The van der Waals surface area contributed by atoms with Gasteiger partial charge in [0.25, 0.3) is 5.91 Å². The maximum atomic E-state index is 13.7. The lowest BCUT2D eigenvalue weighted by Crippen LogP contribution is -2.56. The van der Waals surface area contributed by atoms with Crippen LogP contribution in [-0.4, -0.2) is 92.0 Å². The first-order chi connectivity index (χ1) is 18.7. The number of hydrogen-bond acceptors (Lipinski definition) is 6. The maximum absolute atomic E-state index is 13.7. The summed E-state index contributed by atoms with van der Waals surface area (Å²) in [4.78, 5) is 56.4. The van der Waals surface area contributed by atoms with Crippen molar-refractivity contribution >= 4 is 23.6 Å². The minimum absolute atomic E-state index is 0.119. The standard InChI is InChI=1S/C29H44N4O6/c1-20(2)16-24-29(37)33(14-15-38-4)18-26(34)30-25(28(36)32(3)22-8-6-5-7-9-22)17-21-10-12-23(13-11-21)39-19-27(35)31-24/h10-13,20,22,24-25H,5-9,14-19H2,1-4H3,(H,30,34)(H,31,35)/t24-,25-/m0/s1. The normalized spacial score (nSPS) is 21.9. The smallest absolute Gasteiger partial charge is 0.258 e. The number of ether oxygens (including phenoxy) is 2. The van der Waals surface area contributed by atoms with Crippen molar-refractivity contribution < 1.29 is 28.7 Å². The molecule has 4 amide bonds. The second kappa shape index (κ2) is 14.9. The van der Waals surface area contributed by atoms with Crippen LogP contribution in [0.5, 0.6) is 5.75 Å². The lowest BCUT2D eigenvalue weighted by atomic mass is 9.93. The van der Waals surface area contributed by atoms with E-state index in [-0.39, 0.29) is 50.1 Å². The Bertz CT molecular complexity index is 976. The van der Waals surface area contributed by atoms with E-state index >= 15 is 0 Å². The number of hydrogen-bond donors (Lipinski definition) is 2. The number of nitrogens with one attached hydrogen (secondary N) is 2. The molecule has 0 spiro atoms. The summed E-state index contributed by atoms with van der Waals surface area (Å²) >= 11 is 0. The SMILES string of the molecule is COCCN1CC(=O)N[C@H](C(=O)N(C)C2CCCCC2)Cc2ccc(cc2)OCC(=O)N[C@@H](CC(C)C)C1=O. The van der Waals surface area contributed by atoms with Gasteiger partial charge in [-0.15, -0.1) is 0 Å². The van der Waals surface area contributed by atoms with Crippen LogP contribution in [0, 0.1) is 5.92 Å². The Kier molecular flexibility index (Phi) is 11.6. The summed E-state index contributed by atoms with van der Waals surface area (Å²) < 4.78 is 10.8. The molecule has 0 unspecified atom stereocenters. The molecule has 3 aliphatic rings. The number of benzene rings is 1. The lowest BCUT2D eigenvalue weighted by molar-refractivity contribution is -0.142. The van der Waals surface area contributed by atoms with E-state index in [4.69, 9.17) is 9.47 Å². The molecule has 4 rings (SSSR count). The molecule has 1 aromatic carbocycles. The summed E-state index contributed by atoms with van der Waals surface area (Å²) in [6, 6.07) is 5.70. The predicted octanol–water partition coefficient (Wildman–Crippen LogP) is 1.90. The van der Waals surface area contributed by atoms with Gasteiger partial charge in [-0.1, -0.05) is 45.2 Å². The second-order valence-corrected chi connectivity index (χ2v) is 11.0. The van der Waals surface area contributed by atoms with Gasteiger partial charge in [-0.05, 0) is 42.9 Å². The number of carbonyl (C=O) groups excluding carboxylic acids is 4. The highest BCUT2D eigenvalue weighted by Gasteiger charge is 2.32. The number of amides is 4. The van der Waals surface area contributed by atoms with Crippen molar-refractivity contribution in [1.29, 1.82) is 0 Å². The van der Waals surface area contributed by atoms with E-state index in [9.17, 15) is 19.2 Å². The van der Waals surface area contributed by atoms with E-state index in [1.54, 1.807) is 17.0 Å². The van der Waals surface area contributed by atoms with Crippen molar-refractivity contribution in [3.63, 3.8) is 0 Å². The molecule has 1 fully saturated rings. The Morgan fingerprint density at radius 2 is 1.77 bits per heavy atom. The molecule has 2 N–H and O–H groups in total. The Hall–Kier alpha value is -3.14. The number of likely N-dealkylation sites (N-methyl/N-ethyl adjacent to an activating group) is 1. The minimum atomic E-state index is -0.823. The van der Waals surface area contributed by atoms with Gasteiger partial charge in [0.1, 0.15) is 17.8 Å². The molecule has 0 aromatic heterocycles. The monoisotopic (exact) mass is 544 g/mol. The third kappa shape index (κ3) is 9.23. The fourth-order valence-electron chi connectivity index (χ4n) is 5.23.